The summed E-state index contributed by atoms with van der Waals surface area (Å²) in [6.07, 6.45) is 6.95. The molecule has 1 heterocycles. The van der Waals surface area contributed by atoms with Gasteiger partial charge < -0.3 is 14.7 Å². The fourth-order valence-corrected chi connectivity index (χ4v) is 3.59. The van der Waals surface area contributed by atoms with Crippen molar-refractivity contribution in [1.82, 2.24) is 4.90 Å². The average molecular weight is 289 g/mol. The molecule has 0 radical (unpaired) electrons. The Labute approximate surface area is 127 Å². The average Bonchev–Trinajstić information content (AvgIpc) is 2.51. The quantitative estimate of drug-likeness (QED) is 0.928. The van der Waals surface area contributed by atoms with Crippen molar-refractivity contribution in [1.29, 1.82) is 0 Å². The second-order valence-corrected chi connectivity index (χ2v) is 6.63. The van der Waals surface area contributed by atoms with Gasteiger partial charge in [0.05, 0.1) is 12.2 Å². The number of piperidine rings is 1. The first kappa shape index (κ1) is 14.9. The standard InChI is InChI=1S/C18H27NO2/c1-14-2-6-17(7-3-14)21-18-8-4-15(5-9-18)19-12-10-16(20)11-13-19/h2-3,6-7,15-16,18,20H,4-5,8-13H2,1H3. The molecule has 0 unspecified atom stereocenters. The predicted octanol–water partition coefficient (Wildman–Crippen LogP) is 3.14. The van der Waals surface area contributed by atoms with Crippen LogP contribution < -0.4 is 4.74 Å². The largest absolute Gasteiger partial charge is 0.490 e. The Morgan fingerprint density at radius 3 is 2.19 bits per heavy atom. The lowest BCUT2D eigenvalue weighted by molar-refractivity contribution is 0.0343. The molecule has 3 nitrogen and oxygen atoms in total. The van der Waals surface area contributed by atoms with Crippen molar-refractivity contribution in [3.8, 4) is 5.75 Å². The van der Waals surface area contributed by atoms with Gasteiger partial charge in [-0.2, -0.15) is 0 Å². The van der Waals surface area contributed by atoms with E-state index in [0.29, 0.717) is 12.1 Å². The fraction of sp³-hybridized carbons (Fsp3) is 0.667. The molecule has 2 fully saturated rings. The van der Waals surface area contributed by atoms with Crippen molar-refractivity contribution in [2.75, 3.05) is 13.1 Å². The van der Waals surface area contributed by atoms with E-state index in [9.17, 15) is 5.11 Å². The molecule has 1 saturated heterocycles. The SMILES string of the molecule is Cc1ccc(OC2CCC(N3CCC(O)CC3)CC2)cc1. The summed E-state index contributed by atoms with van der Waals surface area (Å²) in [5, 5.41) is 9.60. The monoisotopic (exact) mass is 289 g/mol. The minimum atomic E-state index is -0.0672. The molecule has 1 saturated carbocycles. The summed E-state index contributed by atoms with van der Waals surface area (Å²) >= 11 is 0. The van der Waals surface area contributed by atoms with Crippen LogP contribution in [-0.2, 0) is 0 Å². The van der Waals surface area contributed by atoms with Crippen molar-refractivity contribution in [3.63, 3.8) is 0 Å². The number of nitrogens with zero attached hydrogens (tertiary/aromatic N) is 1. The minimum Gasteiger partial charge on any atom is -0.490 e. The van der Waals surface area contributed by atoms with Crippen molar-refractivity contribution in [2.45, 2.75) is 63.7 Å². The van der Waals surface area contributed by atoms with E-state index in [1.807, 2.05) is 0 Å². The lowest BCUT2D eigenvalue weighted by Gasteiger charge is -2.39. The second kappa shape index (κ2) is 6.80. The summed E-state index contributed by atoms with van der Waals surface area (Å²) in [6.45, 7) is 4.23. The Bertz CT molecular complexity index is 429. The van der Waals surface area contributed by atoms with E-state index >= 15 is 0 Å². The Morgan fingerprint density at radius 2 is 1.57 bits per heavy atom. The number of aliphatic hydroxyl groups excluding tert-OH is 1. The molecule has 3 rings (SSSR count). The molecule has 2 aliphatic rings. The number of aliphatic hydroxyl groups is 1. The van der Waals surface area contributed by atoms with Crippen LogP contribution in [0.5, 0.6) is 5.75 Å². The molecular weight excluding hydrogens is 262 g/mol. The molecule has 0 aromatic heterocycles. The molecule has 0 spiro atoms. The van der Waals surface area contributed by atoms with Crippen LogP contribution in [0, 0.1) is 6.92 Å². The molecule has 1 N–H and O–H groups in total. The van der Waals surface area contributed by atoms with Gasteiger partial charge >= 0.3 is 0 Å². The van der Waals surface area contributed by atoms with E-state index in [2.05, 4.69) is 36.1 Å². The maximum Gasteiger partial charge on any atom is 0.119 e. The van der Waals surface area contributed by atoms with E-state index in [-0.39, 0.29) is 6.10 Å². The number of likely N-dealkylation sites (tertiary alicyclic amines) is 1. The van der Waals surface area contributed by atoms with Crippen molar-refractivity contribution in [3.05, 3.63) is 29.8 Å². The molecule has 0 atom stereocenters. The molecule has 3 heteroatoms. The number of ether oxygens (including phenoxy) is 1. The molecule has 21 heavy (non-hydrogen) atoms. The molecule has 0 amide bonds. The van der Waals surface area contributed by atoms with E-state index in [0.717, 1.165) is 44.5 Å². The topological polar surface area (TPSA) is 32.7 Å². The van der Waals surface area contributed by atoms with Gasteiger partial charge in [-0.25, -0.2) is 0 Å². The number of rotatable bonds is 3. The summed E-state index contributed by atoms with van der Waals surface area (Å²) in [5.74, 6) is 1.00. The minimum absolute atomic E-state index is 0.0672. The lowest BCUT2D eigenvalue weighted by Crippen LogP contribution is -2.45. The highest BCUT2D eigenvalue weighted by molar-refractivity contribution is 5.26. The van der Waals surface area contributed by atoms with E-state index in [1.54, 1.807) is 0 Å². The van der Waals surface area contributed by atoms with Gasteiger partial charge in [0.1, 0.15) is 5.75 Å². The molecule has 1 aromatic rings. The summed E-state index contributed by atoms with van der Waals surface area (Å²) in [7, 11) is 0. The first-order chi connectivity index (χ1) is 10.2. The van der Waals surface area contributed by atoms with Gasteiger partial charge in [0.25, 0.3) is 0 Å². The molecular formula is C18H27NO2. The van der Waals surface area contributed by atoms with E-state index < -0.39 is 0 Å². The molecule has 0 bridgehead atoms. The maximum absolute atomic E-state index is 9.60. The summed E-state index contributed by atoms with van der Waals surface area (Å²) in [5.41, 5.74) is 1.28. The zero-order valence-electron chi connectivity index (χ0n) is 13.0. The van der Waals surface area contributed by atoms with Crippen molar-refractivity contribution < 1.29 is 9.84 Å². The van der Waals surface area contributed by atoms with Gasteiger partial charge in [-0.05, 0) is 57.6 Å². The predicted molar refractivity (Wildman–Crippen MR) is 84.7 cm³/mol. The van der Waals surface area contributed by atoms with Crippen molar-refractivity contribution in [2.24, 2.45) is 0 Å². The Balaban J connectivity index is 1.45. The van der Waals surface area contributed by atoms with E-state index in [1.165, 1.54) is 18.4 Å². The zero-order chi connectivity index (χ0) is 14.7. The Hall–Kier alpha value is -1.06. The Morgan fingerprint density at radius 1 is 0.952 bits per heavy atom. The number of benzene rings is 1. The fourth-order valence-electron chi connectivity index (χ4n) is 3.59. The summed E-state index contributed by atoms with van der Waals surface area (Å²) < 4.78 is 6.10. The second-order valence-electron chi connectivity index (χ2n) is 6.63. The smallest absolute Gasteiger partial charge is 0.119 e. The highest BCUT2D eigenvalue weighted by atomic mass is 16.5. The van der Waals surface area contributed by atoms with Crippen LogP contribution in [0.3, 0.4) is 0 Å². The number of hydrogen-bond donors (Lipinski definition) is 1. The molecule has 116 valence electrons. The maximum atomic E-state index is 9.60. The zero-order valence-corrected chi connectivity index (χ0v) is 13.0. The first-order valence-corrected chi connectivity index (χ1v) is 8.36. The van der Waals surface area contributed by atoms with Gasteiger partial charge in [0, 0.05) is 19.1 Å². The van der Waals surface area contributed by atoms with Gasteiger partial charge in [0.2, 0.25) is 0 Å². The third-order valence-corrected chi connectivity index (χ3v) is 4.98. The van der Waals surface area contributed by atoms with Crippen LogP contribution in [0.2, 0.25) is 0 Å². The third kappa shape index (κ3) is 3.98. The highest BCUT2D eigenvalue weighted by Crippen LogP contribution is 2.28. The summed E-state index contributed by atoms with van der Waals surface area (Å²) in [4.78, 5) is 2.58. The van der Waals surface area contributed by atoms with Crippen LogP contribution in [0.1, 0.15) is 44.1 Å². The third-order valence-electron chi connectivity index (χ3n) is 4.98. The highest BCUT2D eigenvalue weighted by Gasteiger charge is 2.29. The van der Waals surface area contributed by atoms with Crippen LogP contribution in [0.15, 0.2) is 24.3 Å². The van der Waals surface area contributed by atoms with Crippen LogP contribution >= 0.6 is 0 Å². The molecule has 1 aromatic carbocycles. The summed E-state index contributed by atoms with van der Waals surface area (Å²) in [6, 6.07) is 9.08. The van der Waals surface area contributed by atoms with E-state index in [4.69, 9.17) is 4.74 Å². The molecule has 1 aliphatic heterocycles. The van der Waals surface area contributed by atoms with Crippen LogP contribution in [0.25, 0.3) is 0 Å². The first-order valence-electron chi connectivity index (χ1n) is 8.36. The van der Waals surface area contributed by atoms with Gasteiger partial charge in [-0.3, -0.25) is 0 Å². The van der Waals surface area contributed by atoms with Gasteiger partial charge in [-0.1, -0.05) is 17.7 Å². The van der Waals surface area contributed by atoms with Crippen LogP contribution in [-0.4, -0.2) is 41.3 Å². The number of hydrogen-bond acceptors (Lipinski definition) is 3. The van der Waals surface area contributed by atoms with Crippen molar-refractivity contribution >= 4 is 0 Å². The Kier molecular flexibility index (Phi) is 4.81. The van der Waals surface area contributed by atoms with Crippen LogP contribution in [0.4, 0.5) is 0 Å². The molecule has 1 aliphatic carbocycles. The normalized spacial score (nSPS) is 28.5. The van der Waals surface area contributed by atoms with Gasteiger partial charge in [0.15, 0.2) is 0 Å². The van der Waals surface area contributed by atoms with Gasteiger partial charge in [-0.15, -0.1) is 0 Å². The number of aryl methyl sites for hydroxylation is 1. The lowest BCUT2D eigenvalue weighted by atomic mass is 9.90.